The van der Waals surface area contributed by atoms with Crippen LogP contribution in [-0.4, -0.2) is 28.9 Å². The molecule has 0 aromatic carbocycles. The van der Waals surface area contributed by atoms with Crippen LogP contribution in [0.4, 0.5) is 0 Å². The molecule has 1 aliphatic carbocycles. The Labute approximate surface area is 111 Å². The van der Waals surface area contributed by atoms with Gasteiger partial charge in [0.25, 0.3) is 0 Å². The van der Waals surface area contributed by atoms with Crippen molar-refractivity contribution >= 4 is 5.91 Å². The van der Waals surface area contributed by atoms with Crippen molar-refractivity contribution in [1.29, 1.82) is 0 Å². The molecular formula is C15H28N2O. The number of nitrogens with zero attached hydrogens (tertiary/aromatic N) is 1. The summed E-state index contributed by atoms with van der Waals surface area (Å²) in [5.41, 5.74) is 6.15. The first-order valence-electron chi connectivity index (χ1n) is 7.73. The molecule has 1 atom stereocenters. The number of hydrogen-bond donors (Lipinski definition) is 1. The maximum Gasteiger partial charge on any atom is 0.224 e. The lowest BCUT2D eigenvalue weighted by Gasteiger charge is -2.33. The molecule has 2 fully saturated rings. The van der Waals surface area contributed by atoms with Crippen molar-refractivity contribution in [3.8, 4) is 0 Å². The fraction of sp³-hybridized carbons (Fsp3) is 0.933. The summed E-state index contributed by atoms with van der Waals surface area (Å²) in [7, 11) is 0. The Kier molecular flexibility index (Phi) is 4.66. The van der Waals surface area contributed by atoms with Gasteiger partial charge in [-0.15, -0.1) is 0 Å². The third-order valence-electron chi connectivity index (χ3n) is 4.77. The van der Waals surface area contributed by atoms with Gasteiger partial charge < -0.3 is 10.6 Å². The van der Waals surface area contributed by atoms with E-state index in [0.717, 1.165) is 25.8 Å². The number of carbonyl (C=O) groups is 1. The summed E-state index contributed by atoms with van der Waals surface area (Å²) in [4.78, 5) is 14.7. The van der Waals surface area contributed by atoms with Gasteiger partial charge in [-0.3, -0.25) is 4.79 Å². The Morgan fingerprint density at radius 3 is 2.61 bits per heavy atom. The first-order chi connectivity index (χ1) is 8.64. The molecule has 1 unspecified atom stereocenters. The van der Waals surface area contributed by atoms with Crippen LogP contribution in [0.3, 0.4) is 0 Å². The average Bonchev–Trinajstić information content (AvgIpc) is 2.65. The van der Waals surface area contributed by atoms with Crippen molar-refractivity contribution in [3.63, 3.8) is 0 Å². The third kappa shape index (κ3) is 3.25. The second-order valence-corrected chi connectivity index (χ2v) is 6.24. The van der Waals surface area contributed by atoms with Gasteiger partial charge in [-0.25, -0.2) is 0 Å². The van der Waals surface area contributed by atoms with Gasteiger partial charge in [-0.1, -0.05) is 32.6 Å². The van der Waals surface area contributed by atoms with Crippen LogP contribution in [0.1, 0.15) is 71.1 Å². The van der Waals surface area contributed by atoms with Crippen molar-refractivity contribution in [2.24, 2.45) is 5.73 Å². The fourth-order valence-corrected chi connectivity index (χ4v) is 3.59. The maximum atomic E-state index is 12.5. The van der Waals surface area contributed by atoms with Crippen LogP contribution in [0, 0.1) is 0 Å². The first-order valence-corrected chi connectivity index (χ1v) is 7.73. The molecule has 1 saturated carbocycles. The van der Waals surface area contributed by atoms with Crippen LogP contribution in [0.25, 0.3) is 0 Å². The molecule has 0 spiro atoms. The number of amides is 1. The largest absolute Gasteiger partial charge is 0.340 e. The molecule has 1 saturated heterocycles. The van der Waals surface area contributed by atoms with Crippen molar-refractivity contribution in [1.82, 2.24) is 4.90 Å². The number of nitrogens with two attached hydrogens (primary N) is 1. The molecule has 2 rings (SSSR count). The van der Waals surface area contributed by atoms with Gasteiger partial charge in [0, 0.05) is 24.5 Å². The molecule has 1 heterocycles. The van der Waals surface area contributed by atoms with Gasteiger partial charge >= 0.3 is 0 Å². The molecule has 18 heavy (non-hydrogen) atoms. The molecular weight excluding hydrogens is 224 g/mol. The van der Waals surface area contributed by atoms with Crippen molar-refractivity contribution < 1.29 is 4.79 Å². The van der Waals surface area contributed by atoms with Crippen molar-refractivity contribution in [2.75, 3.05) is 6.54 Å². The Balaban J connectivity index is 1.96. The molecule has 1 amide bonds. The molecule has 0 aromatic heterocycles. The minimum atomic E-state index is -0.193. The quantitative estimate of drug-likeness (QED) is 0.839. The number of hydrogen-bond acceptors (Lipinski definition) is 2. The van der Waals surface area contributed by atoms with E-state index in [9.17, 15) is 4.79 Å². The lowest BCUT2D eigenvalue weighted by Crippen LogP contribution is -2.46. The van der Waals surface area contributed by atoms with Crippen LogP contribution in [0.15, 0.2) is 0 Å². The summed E-state index contributed by atoms with van der Waals surface area (Å²) in [6, 6.07) is 0.463. The number of carbonyl (C=O) groups excluding carboxylic acids is 1. The van der Waals surface area contributed by atoms with E-state index in [1.807, 2.05) is 0 Å². The Morgan fingerprint density at radius 2 is 1.94 bits per heavy atom. The Bertz CT molecular complexity index is 284. The predicted octanol–water partition coefficient (Wildman–Crippen LogP) is 2.83. The molecule has 0 aromatic rings. The summed E-state index contributed by atoms with van der Waals surface area (Å²) >= 11 is 0. The summed E-state index contributed by atoms with van der Waals surface area (Å²) in [5, 5.41) is 0. The molecule has 2 aliphatic rings. The Morgan fingerprint density at radius 1 is 1.22 bits per heavy atom. The van der Waals surface area contributed by atoms with Gasteiger partial charge in [0.1, 0.15) is 0 Å². The molecule has 0 radical (unpaired) electrons. The molecule has 3 heteroatoms. The predicted molar refractivity (Wildman–Crippen MR) is 74.3 cm³/mol. The van der Waals surface area contributed by atoms with Gasteiger partial charge in [0.05, 0.1) is 0 Å². The monoisotopic (exact) mass is 252 g/mol. The van der Waals surface area contributed by atoms with E-state index in [2.05, 4.69) is 11.8 Å². The van der Waals surface area contributed by atoms with E-state index in [4.69, 9.17) is 5.73 Å². The number of rotatable bonds is 3. The van der Waals surface area contributed by atoms with Gasteiger partial charge in [-0.2, -0.15) is 0 Å². The Hall–Kier alpha value is -0.570. The maximum absolute atomic E-state index is 12.5. The summed E-state index contributed by atoms with van der Waals surface area (Å²) < 4.78 is 0. The zero-order valence-electron chi connectivity index (χ0n) is 11.8. The van der Waals surface area contributed by atoms with Crippen LogP contribution in [-0.2, 0) is 4.79 Å². The van der Waals surface area contributed by atoms with E-state index in [1.165, 1.54) is 38.5 Å². The van der Waals surface area contributed by atoms with E-state index < -0.39 is 0 Å². The second kappa shape index (κ2) is 6.05. The highest BCUT2D eigenvalue weighted by molar-refractivity contribution is 5.78. The average molecular weight is 252 g/mol. The normalized spacial score (nSPS) is 28.1. The molecule has 0 bridgehead atoms. The van der Waals surface area contributed by atoms with Gasteiger partial charge in [0.2, 0.25) is 5.91 Å². The van der Waals surface area contributed by atoms with Crippen molar-refractivity contribution in [2.45, 2.75) is 82.7 Å². The van der Waals surface area contributed by atoms with E-state index in [-0.39, 0.29) is 5.54 Å². The summed E-state index contributed by atoms with van der Waals surface area (Å²) in [6.07, 6.45) is 11.0. The summed E-state index contributed by atoms with van der Waals surface area (Å²) in [5.74, 6) is 0.313. The van der Waals surface area contributed by atoms with E-state index in [0.29, 0.717) is 18.4 Å². The highest BCUT2D eigenvalue weighted by Gasteiger charge is 2.34. The smallest absolute Gasteiger partial charge is 0.224 e. The zero-order chi connectivity index (χ0) is 13.0. The molecule has 3 nitrogen and oxygen atoms in total. The fourth-order valence-electron chi connectivity index (χ4n) is 3.59. The van der Waals surface area contributed by atoms with Crippen LogP contribution >= 0.6 is 0 Å². The molecule has 2 N–H and O–H groups in total. The SMILES string of the molecule is CCC1CCCCCN1C(=O)CC1(N)CCCC1. The lowest BCUT2D eigenvalue weighted by molar-refractivity contribution is -0.134. The standard InChI is InChI=1S/C15H28N2O/c1-2-13-8-4-3-7-11-17(13)14(18)12-15(16)9-5-6-10-15/h13H,2-12,16H2,1H3. The summed E-state index contributed by atoms with van der Waals surface area (Å²) in [6.45, 7) is 3.15. The number of likely N-dealkylation sites (tertiary alicyclic amines) is 1. The topological polar surface area (TPSA) is 46.3 Å². The lowest BCUT2D eigenvalue weighted by atomic mass is 9.93. The highest BCUT2D eigenvalue weighted by atomic mass is 16.2. The molecule has 1 aliphatic heterocycles. The minimum absolute atomic E-state index is 0.193. The minimum Gasteiger partial charge on any atom is -0.340 e. The third-order valence-corrected chi connectivity index (χ3v) is 4.77. The van der Waals surface area contributed by atoms with Crippen LogP contribution in [0.5, 0.6) is 0 Å². The van der Waals surface area contributed by atoms with Crippen LogP contribution < -0.4 is 5.73 Å². The van der Waals surface area contributed by atoms with Gasteiger partial charge in [-0.05, 0) is 32.1 Å². The first kappa shape index (κ1) is 13.9. The van der Waals surface area contributed by atoms with E-state index in [1.54, 1.807) is 0 Å². The van der Waals surface area contributed by atoms with Gasteiger partial charge in [0.15, 0.2) is 0 Å². The van der Waals surface area contributed by atoms with Crippen LogP contribution in [0.2, 0.25) is 0 Å². The van der Waals surface area contributed by atoms with E-state index >= 15 is 0 Å². The van der Waals surface area contributed by atoms with Crippen molar-refractivity contribution in [3.05, 3.63) is 0 Å². The molecule has 104 valence electrons. The second-order valence-electron chi connectivity index (χ2n) is 6.24. The zero-order valence-corrected chi connectivity index (χ0v) is 11.8. The highest BCUT2D eigenvalue weighted by Crippen LogP contribution is 2.31.